The highest BCUT2D eigenvalue weighted by molar-refractivity contribution is 5.89. The Bertz CT molecular complexity index is 636. The van der Waals surface area contributed by atoms with E-state index >= 15 is 0 Å². The molecular weight excluding hydrogens is 350 g/mol. The summed E-state index contributed by atoms with van der Waals surface area (Å²) in [4.78, 5) is 29.1. The van der Waals surface area contributed by atoms with E-state index < -0.39 is 0 Å². The largest absolute Gasteiger partial charge is 0.356 e. The second-order valence-corrected chi connectivity index (χ2v) is 8.38. The smallest absolute Gasteiger partial charge is 0.225 e. The van der Waals surface area contributed by atoms with Crippen molar-refractivity contribution >= 4 is 11.8 Å². The van der Waals surface area contributed by atoms with Crippen LogP contribution in [0, 0.1) is 12.8 Å². The van der Waals surface area contributed by atoms with Gasteiger partial charge in [-0.15, -0.1) is 0 Å². The van der Waals surface area contributed by atoms with E-state index in [0.29, 0.717) is 26.1 Å². The van der Waals surface area contributed by atoms with Crippen LogP contribution in [0.4, 0.5) is 0 Å². The highest BCUT2D eigenvalue weighted by Gasteiger charge is 2.33. The Hall–Kier alpha value is -1.88. The Morgan fingerprint density at radius 1 is 1.07 bits per heavy atom. The Balaban J connectivity index is 1.34. The fraction of sp³-hybridized carbons (Fsp3) is 0.652. The molecule has 154 valence electrons. The Morgan fingerprint density at radius 3 is 2.50 bits per heavy atom. The van der Waals surface area contributed by atoms with Crippen LogP contribution < -0.4 is 5.32 Å². The molecule has 1 aromatic carbocycles. The van der Waals surface area contributed by atoms with Crippen LogP contribution in [0.3, 0.4) is 0 Å². The van der Waals surface area contributed by atoms with Crippen LogP contribution in [0.5, 0.6) is 0 Å². The molecule has 0 spiro atoms. The van der Waals surface area contributed by atoms with Crippen molar-refractivity contribution in [3.8, 4) is 0 Å². The van der Waals surface area contributed by atoms with Crippen LogP contribution in [0.25, 0.3) is 0 Å². The molecule has 2 fully saturated rings. The molecule has 0 aromatic heterocycles. The number of carbonyl (C=O) groups is 2. The van der Waals surface area contributed by atoms with Gasteiger partial charge < -0.3 is 15.1 Å². The van der Waals surface area contributed by atoms with E-state index in [1.54, 1.807) is 0 Å². The number of hydrogen-bond acceptors (Lipinski definition) is 3. The first-order chi connectivity index (χ1) is 13.6. The van der Waals surface area contributed by atoms with Crippen molar-refractivity contribution in [2.24, 2.45) is 5.92 Å². The van der Waals surface area contributed by atoms with Crippen LogP contribution in [0.1, 0.15) is 49.7 Å². The van der Waals surface area contributed by atoms with E-state index in [0.717, 1.165) is 19.4 Å². The molecule has 5 heteroatoms. The number of amides is 2. The summed E-state index contributed by atoms with van der Waals surface area (Å²) in [7, 11) is 0. The van der Waals surface area contributed by atoms with Gasteiger partial charge in [0.1, 0.15) is 0 Å². The summed E-state index contributed by atoms with van der Waals surface area (Å²) >= 11 is 0. The maximum atomic E-state index is 12.5. The van der Waals surface area contributed by atoms with Crippen molar-refractivity contribution < 1.29 is 9.59 Å². The Kier molecular flexibility index (Phi) is 7.90. The molecule has 3 rings (SSSR count). The van der Waals surface area contributed by atoms with Gasteiger partial charge in [0, 0.05) is 26.1 Å². The normalized spacial score (nSPS) is 21.0. The predicted molar refractivity (Wildman–Crippen MR) is 112 cm³/mol. The first-order valence-electron chi connectivity index (χ1n) is 11.0. The molecule has 0 bridgehead atoms. The Labute approximate surface area is 169 Å². The molecule has 2 aliphatic rings. The van der Waals surface area contributed by atoms with Gasteiger partial charge in [-0.2, -0.15) is 0 Å². The molecule has 1 atom stereocenters. The summed E-state index contributed by atoms with van der Waals surface area (Å²) in [6.45, 7) is 7.49. The third kappa shape index (κ3) is 6.33. The average Bonchev–Trinajstić information content (AvgIpc) is 2.89. The Morgan fingerprint density at radius 2 is 1.79 bits per heavy atom. The number of aryl methyl sites for hydroxylation is 1. The number of benzene rings is 1. The van der Waals surface area contributed by atoms with Crippen molar-refractivity contribution in [3.05, 3.63) is 35.4 Å². The predicted octanol–water partition coefficient (Wildman–Crippen LogP) is 2.77. The zero-order chi connectivity index (χ0) is 19.8. The molecular formula is C23H35N3O2. The maximum Gasteiger partial charge on any atom is 0.225 e. The zero-order valence-electron chi connectivity index (χ0n) is 17.3. The number of likely N-dealkylation sites (tertiary alicyclic amines) is 2. The van der Waals surface area contributed by atoms with Crippen LogP contribution in [-0.4, -0.2) is 60.9 Å². The van der Waals surface area contributed by atoms with E-state index in [9.17, 15) is 9.59 Å². The molecule has 0 radical (unpaired) electrons. The number of nitrogens with zero attached hydrogens (tertiary/aromatic N) is 2. The summed E-state index contributed by atoms with van der Waals surface area (Å²) in [5.74, 6) is -0.0393. The number of rotatable bonds is 8. The van der Waals surface area contributed by atoms with Crippen molar-refractivity contribution in [2.75, 3.05) is 39.3 Å². The fourth-order valence-corrected chi connectivity index (χ4v) is 4.20. The maximum absolute atomic E-state index is 12.5. The molecule has 2 amide bonds. The lowest BCUT2D eigenvalue weighted by atomic mass is 10.1. The summed E-state index contributed by atoms with van der Waals surface area (Å²) in [6.07, 6.45) is 7.49. The molecule has 2 saturated heterocycles. The van der Waals surface area contributed by atoms with Crippen LogP contribution in [0.2, 0.25) is 0 Å². The fourth-order valence-electron chi connectivity index (χ4n) is 4.20. The van der Waals surface area contributed by atoms with E-state index in [-0.39, 0.29) is 17.7 Å². The van der Waals surface area contributed by atoms with E-state index in [1.165, 1.54) is 49.9 Å². The van der Waals surface area contributed by atoms with Gasteiger partial charge in [-0.1, -0.05) is 42.7 Å². The molecule has 2 aliphatic heterocycles. The van der Waals surface area contributed by atoms with E-state index in [1.807, 2.05) is 4.90 Å². The van der Waals surface area contributed by atoms with Gasteiger partial charge in [-0.05, 0) is 57.8 Å². The molecule has 0 unspecified atom stereocenters. The highest BCUT2D eigenvalue weighted by Crippen LogP contribution is 2.18. The topological polar surface area (TPSA) is 52.7 Å². The number of carbonyl (C=O) groups excluding carboxylic acids is 2. The standard InChI is InChI=1S/C23H35N3O2/c1-19-7-9-20(10-8-19)11-16-26-18-21(17-22(26)27)23(28)24-12-6-15-25-13-4-2-3-5-14-25/h7-10,21H,2-6,11-18H2,1H3,(H,24,28)/t21-/m1/s1. The van der Waals surface area contributed by atoms with Gasteiger partial charge in [0.15, 0.2) is 0 Å². The van der Waals surface area contributed by atoms with Crippen molar-refractivity contribution in [2.45, 2.75) is 51.9 Å². The summed E-state index contributed by atoms with van der Waals surface area (Å²) in [5, 5.41) is 3.06. The molecule has 28 heavy (non-hydrogen) atoms. The minimum absolute atomic E-state index is 0.0436. The zero-order valence-corrected chi connectivity index (χ0v) is 17.3. The first-order valence-corrected chi connectivity index (χ1v) is 11.0. The van der Waals surface area contributed by atoms with Crippen molar-refractivity contribution in [1.29, 1.82) is 0 Å². The minimum Gasteiger partial charge on any atom is -0.356 e. The van der Waals surface area contributed by atoms with Gasteiger partial charge in [-0.3, -0.25) is 9.59 Å². The molecule has 2 heterocycles. The summed E-state index contributed by atoms with van der Waals surface area (Å²) in [5.41, 5.74) is 2.48. The molecule has 1 N–H and O–H groups in total. The third-order valence-electron chi connectivity index (χ3n) is 6.03. The quantitative estimate of drug-likeness (QED) is 0.700. The van der Waals surface area contributed by atoms with Crippen LogP contribution in [-0.2, 0) is 16.0 Å². The van der Waals surface area contributed by atoms with Crippen molar-refractivity contribution in [3.63, 3.8) is 0 Å². The van der Waals surface area contributed by atoms with Gasteiger partial charge in [0.25, 0.3) is 0 Å². The lowest BCUT2D eigenvalue weighted by molar-refractivity contribution is -0.129. The second-order valence-electron chi connectivity index (χ2n) is 8.38. The van der Waals surface area contributed by atoms with Crippen LogP contribution in [0.15, 0.2) is 24.3 Å². The number of nitrogens with one attached hydrogen (secondary N) is 1. The molecule has 5 nitrogen and oxygen atoms in total. The second kappa shape index (κ2) is 10.6. The molecule has 0 aliphatic carbocycles. The van der Waals surface area contributed by atoms with Crippen LogP contribution >= 0.6 is 0 Å². The van der Waals surface area contributed by atoms with Gasteiger partial charge >= 0.3 is 0 Å². The third-order valence-corrected chi connectivity index (χ3v) is 6.03. The monoisotopic (exact) mass is 385 g/mol. The van der Waals surface area contributed by atoms with Gasteiger partial charge in [-0.25, -0.2) is 0 Å². The van der Waals surface area contributed by atoms with E-state index in [4.69, 9.17) is 0 Å². The van der Waals surface area contributed by atoms with Gasteiger partial charge in [0.05, 0.1) is 5.92 Å². The van der Waals surface area contributed by atoms with E-state index in [2.05, 4.69) is 41.4 Å². The summed E-state index contributed by atoms with van der Waals surface area (Å²) < 4.78 is 0. The number of hydrogen-bond donors (Lipinski definition) is 1. The lowest BCUT2D eigenvalue weighted by Crippen LogP contribution is -2.35. The van der Waals surface area contributed by atoms with Crippen molar-refractivity contribution in [1.82, 2.24) is 15.1 Å². The molecule has 0 saturated carbocycles. The van der Waals surface area contributed by atoms with Gasteiger partial charge in [0.2, 0.25) is 11.8 Å². The summed E-state index contributed by atoms with van der Waals surface area (Å²) in [6, 6.07) is 8.43. The first kappa shape index (κ1) is 20.8. The highest BCUT2D eigenvalue weighted by atomic mass is 16.2. The SMILES string of the molecule is Cc1ccc(CCN2C[C@H](C(=O)NCCCN3CCCCCC3)CC2=O)cc1. The average molecular weight is 386 g/mol. The lowest BCUT2D eigenvalue weighted by Gasteiger charge is -2.20. The minimum atomic E-state index is -0.191. The molecule has 1 aromatic rings.